The summed E-state index contributed by atoms with van der Waals surface area (Å²) in [6.45, 7) is -0.233. The molecule has 2 atom stereocenters. The lowest BCUT2D eigenvalue weighted by atomic mass is 9.81. The van der Waals surface area contributed by atoms with Crippen molar-refractivity contribution in [2.75, 3.05) is 6.61 Å². The summed E-state index contributed by atoms with van der Waals surface area (Å²) in [5, 5.41) is 21.3. The molecule has 3 rings (SSSR count). The summed E-state index contributed by atoms with van der Waals surface area (Å²) in [4.78, 5) is 24.7. The van der Waals surface area contributed by atoms with Gasteiger partial charge in [0.25, 0.3) is 0 Å². The Morgan fingerprint density at radius 3 is 2.15 bits per heavy atom. The largest absolute Gasteiger partial charge is 0.457 e. The number of allylic oxidation sites excluding steroid dienone is 2. The number of carbonyl (C=O) groups excluding carboxylic acids is 2. The van der Waals surface area contributed by atoms with Gasteiger partial charge in [0.05, 0.1) is 5.56 Å². The molecule has 0 heterocycles. The van der Waals surface area contributed by atoms with Gasteiger partial charge in [-0.1, -0.05) is 60.7 Å². The molecule has 2 N–H and O–H groups in total. The smallest absolute Gasteiger partial charge is 0.338 e. The summed E-state index contributed by atoms with van der Waals surface area (Å²) in [5.74, 6) is -1.17. The fraction of sp³-hybridized carbons (Fsp3) is 0.143. The molecule has 0 saturated carbocycles. The molecule has 0 aromatic heterocycles. The third kappa shape index (κ3) is 3.49. The quantitative estimate of drug-likeness (QED) is 0.639. The van der Waals surface area contributed by atoms with Crippen molar-refractivity contribution >= 4 is 11.8 Å². The average molecular weight is 350 g/mol. The van der Waals surface area contributed by atoms with Crippen LogP contribution in [0, 0.1) is 0 Å². The van der Waals surface area contributed by atoms with E-state index in [-0.39, 0.29) is 17.7 Å². The van der Waals surface area contributed by atoms with Crippen LogP contribution in [0.1, 0.15) is 20.7 Å². The minimum Gasteiger partial charge on any atom is -0.457 e. The number of Topliss-reactive ketones (excluding diaryl/α,β-unsaturated/α-hetero) is 1. The first-order valence-electron chi connectivity index (χ1n) is 8.13. The summed E-state index contributed by atoms with van der Waals surface area (Å²) in [6, 6.07) is 16.7. The molecule has 0 fully saturated rings. The van der Waals surface area contributed by atoms with Gasteiger partial charge in [-0.25, -0.2) is 4.79 Å². The van der Waals surface area contributed by atoms with Crippen molar-refractivity contribution in [3.05, 3.63) is 95.6 Å². The second kappa shape index (κ2) is 7.47. The number of aliphatic hydroxyl groups excluding tert-OH is 1. The molecule has 0 bridgehead atoms. The van der Waals surface area contributed by atoms with Crippen LogP contribution >= 0.6 is 0 Å². The number of esters is 1. The molecule has 2 aromatic rings. The lowest BCUT2D eigenvalue weighted by Crippen LogP contribution is -2.50. The molecule has 0 spiro atoms. The first-order valence-corrected chi connectivity index (χ1v) is 8.13. The van der Waals surface area contributed by atoms with E-state index in [4.69, 9.17) is 4.74 Å². The van der Waals surface area contributed by atoms with Crippen molar-refractivity contribution in [1.29, 1.82) is 0 Å². The van der Waals surface area contributed by atoms with Gasteiger partial charge >= 0.3 is 5.97 Å². The predicted molar refractivity (Wildman–Crippen MR) is 95.7 cm³/mol. The molecule has 0 aliphatic heterocycles. The van der Waals surface area contributed by atoms with E-state index in [9.17, 15) is 19.8 Å². The average Bonchev–Trinajstić information content (AvgIpc) is 2.69. The van der Waals surface area contributed by atoms with Crippen LogP contribution in [0.15, 0.2) is 84.5 Å². The Kier molecular flexibility index (Phi) is 5.11. The monoisotopic (exact) mass is 350 g/mol. The maximum Gasteiger partial charge on any atom is 0.338 e. The number of rotatable bonds is 5. The number of hydrogen-bond donors (Lipinski definition) is 2. The lowest BCUT2D eigenvalue weighted by Gasteiger charge is -2.32. The Balaban J connectivity index is 1.72. The maximum atomic E-state index is 12.6. The highest BCUT2D eigenvalue weighted by atomic mass is 16.5. The van der Waals surface area contributed by atoms with Gasteiger partial charge in [-0.3, -0.25) is 4.79 Å². The van der Waals surface area contributed by atoms with E-state index in [0.29, 0.717) is 5.56 Å². The normalized spacial score (nSPS) is 21.8. The zero-order chi connectivity index (χ0) is 18.6. The number of ether oxygens (including phenoxy) is 1. The highest BCUT2D eigenvalue weighted by Crippen LogP contribution is 2.28. The molecule has 0 amide bonds. The summed E-state index contributed by atoms with van der Waals surface area (Å²) in [5.41, 5.74) is -1.21. The summed E-state index contributed by atoms with van der Waals surface area (Å²) < 4.78 is 5.19. The Labute approximate surface area is 150 Å². The molecular weight excluding hydrogens is 332 g/mol. The van der Waals surface area contributed by atoms with Gasteiger partial charge in [0.15, 0.2) is 5.60 Å². The van der Waals surface area contributed by atoms with E-state index in [2.05, 4.69) is 0 Å². The number of benzene rings is 2. The van der Waals surface area contributed by atoms with Crippen molar-refractivity contribution in [2.24, 2.45) is 0 Å². The van der Waals surface area contributed by atoms with E-state index in [1.165, 1.54) is 18.2 Å². The Morgan fingerprint density at radius 2 is 1.54 bits per heavy atom. The zero-order valence-electron chi connectivity index (χ0n) is 13.9. The fourth-order valence-corrected chi connectivity index (χ4v) is 2.74. The van der Waals surface area contributed by atoms with Crippen LogP contribution in [-0.2, 0) is 4.74 Å². The molecule has 5 heteroatoms. The molecule has 0 radical (unpaired) electrons. The first kappa shape index (κ1) is 17.8. The van der Waals surface area contributed by atoms with Gasteiger partial charge < -0.3 is 14.9 Å². The summed E-state index contributed by atoms with van der Waals surface area (Å²) in [7, 11) is 0. The van der Waals surface area contributed by atoms with Crippen LogP contribution in [-0.4, -0.2) is 40.3 Å². The second-order valence-electron chi connectivity index (χ2n) is 5.97. The highest BCUT2D eigenvalue weighted by molar-refractivity contribution is 6.04. The van der Waals surface area contributed by atoms with Crippen molar-refractivity contribution in [1.82, 2.24) is 0 Å². The predicted octanol–water partition coefficient (Wildman–Crippen LogP) is 2.31. The molecule has 26 heavy (non-hydrogen) atoms. The highest BCUT2D eigenvalue weighted by Gasteiger charge is 2.44. The van der Waals surface area contributed by atoms with Crippen molar-refractivity contribution in [3.63, 3.8) is 0 Å². The molecule has 132 valence electrons. The topological polar surface area (TPSA) is 83.8 Å². The third-order valence-electron chi connectivity index (χ3n) is 4.21. The van der Waals surface area contributed by atoms with Gasteiger partial charge in [-0.05, 0) is 23.8 Å². The number of aliphatic hydroxyl groups is 2. The SMILES string of the molecule is O=C(OCC1=CC=CC(O)(C(=O)c2ccccc2)C1O)c1ccccc1. The van der Waals surface area contributed by atoms with Gasteiger partial charge in [0.2, 0.25) is 5.78 Å². The van der Waals surface area contributed by atoms with Crippen LogP contribution in [0.2, 0.25) is 0 Å². The Bertz CT molecular complexity index is 854. The molecular formula is C21H18O5. The van der Waals surface area contributed by atoms with Crippen LogP contribution in [0.3, 0.4) is 0 Å². The first-order chi connectivity index (χ1) is 12.5. The van der Waals surface area contributed by atoms with Crippen molar-refractivity contribution < 1.29 is 24.5 Å². The molecule has 1 aliphatic carbocycles. The van der Waals surface area contributed by atoms with E-state index >= 15 is 0 Å². The van der Waals surface area contributed by atoms with E-state index in [0.717, 1.165) is 0 Å². The van der Waals surface area contributed by atoms with Crippen LogP contribution in [0.5, 0.6) is 0 Å². The number of carbonyl (C=O) groups is 2. The molecule has 0 saturated heterocycles. The lowest BCUT2D eigenvalue weighted by molar-refractivity contribution is -0.0125. The Morgan fingerprint density at radius 1 is 0.962 bits per heavy atom. The molecule has 2 unspecified atom stereocenters. The van der Waals surface area contributed by atoms with E-state index < -0.39 is 23.5 Å². The van der Waals surface area contributed by atoms with Crippen LogP contribution in [0.4, 0.5) is 0 Å². The standard InChI is InChI=1S/C21H18O5/c22-18(15-8-3-1-4-9-15)21(25)13-7-12-17(19(21)23)14-26-20(24)16-10-5-2-6-11-16/h1-13,19,23,25H,14H2. The fourth-order valence-electron chi connectivity index (χ4n) is 2.74. The maximum absolute atomic E-state index is 12.6. The van der Waals surface area contributed by atoms with Crippen molar-refractivity contribution in [3.8, 4) is 0 Å². The van der Waals surface area contributed by atoms with Crippen molar-refractivity contribution in [2.45, 2.75) is 11.7 Å². The minimum absolute atomic E-state index is 0.233. The van der Waals surface area contributed by atoms with Gasteiger partial charge in [-0.15, -0.1) is 0 Å². The van der Waals surface area contributed by atoms with E-state index in [1.54, 1.807) is 60.7 Å². The number of hydrogen-bond acceptors (Lipinski definition) is 5. The summed E-state index contributed by atoms with van der Waals surface area (Å²) >= 11 is 0. The van der Waals surface area contributed by atoms with Gasteiger partial charge in [0.1, 0.15) is 12.7 Å². The van der Waals surface area contributed by atoms with E-state index in [1.807, 2.05) is 0 Å². The Hall–Kier alpha value is -3.02. The molecule has 5 nitrogen and oxygen atoms in total. The number of ketones is 1. The van der Waals surface area contributed by atoms with Gasteiger partial charge in [0, 0.05) is 5.56 Å². The third-order valence-corrected chi connectivity index (χ3v) is 4.21. The van der Waals surface area contributed by atoms with Crippen LogP contribution < -0.4 is 0 Å². The minimum atomic E-state index is -2.11. The van der Waals surface area contributed by atoms with Crippen LogP contribution in [0.25, 0.3) is 0 Å². The van der Waals surface area contributed by atoms with Gasteiger partial charge in [-0.2, -0.15) is 0 Å². The molecule has 1 aliphatic rings. The summed E-state index contributed by atoms with van der Waals surface area (Å²) in [6.07, 6.45) is 2.73. The second-order valence-corrected chi connectivity index (χ2v) is 5.97. The zero-order valence-corrected chi connectivity index (χ0v) is 13.9. The molecule has 2 aromatic carbocycles.